The van der Waals surface area contributed by atoms with E-state index in [-0.39, 0.29) is 12.1 Å². The Kier molecular flexibility index (Phi) is 3.66. The number of rotatable bonds is 1. The second-order valence-electron chi connectivity index (χ2n) is 6.21. The number of ether oxygens (including phenoxy) is 1. The van der Waals surface area contributed by atoms with Crippen molar-refractivity contribution in [3.63, 3.8) is 0 Å². The van der Waals surface area contributed by atoms with Gasteiger partial charge in [-0.15, -0.1) is 0 Å². The number of amides is 2. The molecule has 2 aromatic rings. The van der Waals surface area contributed by atoms with E-state index in [0.29, 0.717) is 13.2 Å². The van der Waals surface area contributed by atoms with Crippen LogP contribution in [-0.2, 0) is 19.4 Å². The van der Waals surface area contributed by atoms with Gasteiger partial charge in [0.15, 0.2) is 0 Å². The second-order valence-corrected chi connectivity index (χ2v) is 6.21. The van der Waals surface area contributed by atoms with Gasteiger partial charge in [-0.1, -0.05) is 42.5 Å². The highest BCUT2D eigenvalue weighted by molar-refractivity contribution is 5.75. The first-order valence-electron chi connectivity index (χ1n) is 8.12. The monoisotopic (exact) mass is 308 g/mol. The number of hydrogen-bond acceptors (Lipinski definition) is 2. The largest absolute Gasteiger partial charge is 0.491 e. The lowest BCUT2D eigenvalue weighted by Crippen LogP contribution is -2.50. The van der Waals surface area contributed by atoms with Crippen molar-refractivity contribution >= 4 is 6.03 Å². The summed E-state index contributed by atoms with van der Waals surface area (Å²) in [6.45, 7) is 1.99. The van der Waals surface area contributed by atoms with Crippen LogP contribution in [-0.4, -0.2) is 30.1 Å². The van der Waals surface area contributed by atoms with E-state index in [1.807, 2.05) is 29.2 Å². The summed E-state index contributed by atoms with van der Waals surface area (Å²) in [5.74, 6) is 0.935. The number of hydrogen-bond donors (Lipinski definition) is 1. The lowest BCUT2D eigenvalue weighted by molar-refractivity contribution is 0.176. The predicted octanol–water partition coefficient (Wildman–Crippen LogP) is 2.76. The van der Waals surface area contributed by atoms with Crippen molar-refractivity contribution in [2.24, 2.45) is 0 Å². The number of urea groups is 1. The minimum absolute atomic E-state index is 0.00693. The number of nitrogens with one attached hydrogen (secondary N) is 1. The zero-order valence-electron chi connectivity index (χ0n) is 13.0. The van der Waals surface area contributed by atoms with Crippen molar-refractivity contribution in [2.45, 2.75) is 25.4 Å². The van der Waals surface area contributed by atoms with Crippen molar-refractivity contribution in [3.8, 4) is 5.75 Å². The highest BCUT2D eigenvalue weighted by Gasteiger charge is 2.25. The smallest absolute Gasteiger partial charge is 0.318 e. The molecule has 0 fully saturated rings. The Labute approximate surface area is 136 Å². The highest BCUT2D eigenvalue weighted by atomic mass is 16.5. The fourth-order valence-corrected chi connectivity index (χ4v) is 3.36. The van der Waals surface area contributed by atoms with Gasteiger partial charge in [-0.2, -0.15) is 0 Å². The Balaban J connectivity index is 1.40. The third-order valence-corrected chi connectivity index (χ3v) is 4.62. The molecule has 0 saturated heterocycles. The SMILES string of the molecule is O=C(N[C@H]1COc2ccccc2C1)N1CCc2ccccc2C1. The molecule has 2 heterocycles. The summed E-state index contributed by atoms with van der Waals surface area (Å²) in [5.41, 5.74) is 3.76. The van der Waals surface area contributed by atoms with Gasteiger partial charge in [0.05, 0.1) is 6.04 Å². The van der Waals surface area contributed by atoms with Gasteiger partial charge in [-0.05, 0) is 35.6 Å². The summed E-state index contributed by atoms with van der Waals surface area (Å²) in [6.07, 6.45) is 1.75. The van der Waals surface area contributed by atoms with Gasteiger partial charge in [0, 0.05) is 13.1 Å². The summed E-state index contributed by atoms with van der Waals surface area (Å²) in [7, 11) is 0. The molecule has 0 spiro atoms. The van der Waals surface area contributed by atoms with Gasteiger partial charge in [0.25, 0.3) is 0 Å². The zero-order valence-corrected chi connectivity index (χ0v) is 13.0. The summed E-state index contributed by atoms with van der Waals surface area (Å²) in [5, 5.41) is 3.12. The van der Waals surface area contributed by atoms with Gasteiger partial charge in [-0.3, -0.25) is 0 Å². The maximum atomic E-state index is 12.5. The Morgan fingerprint density at radius 3 is 2.65 bits per heavy atom. The van der Waals surface area contributed by atoms with Crippen LogP contribution in [0.5, 0.6) is 5.75 Å². The summed E-state index contributed by atoms with van der Waals surface area (Å²) >= 11 is 0. The van der Waals surface area contributed by atoms with Crippen LogP contribution in [0.3, 0.4) is 0 Å². The van der Waals surface area contributed by atoms with Crippen LogP contribution in [0.2, 0.25) is 0 Å². The molecule has 0 radical (unpaired) electrons. The van der Waals surface area contributed by atoms with E-state index in [1.165, 1.54) is 11.1 Å². The molecule has 23 heavy (non-hydrogen) atoms. The van der Waals surface area contributed by atoms with Crippen molar-refractivity contribution in [1.82, 2.24) is 10.2 Å². The lowest BCUT2D eigenvalue weighted by Gasteiger charge is -2.32. The highest BCUT2D eigenvalue weighted by Crippen LogP contribution is 2.24. The molecular formula is C19H20N2O2. The van der Waals surface area contributed by atoms with Gasteiger partial charge in [0.2, 0.25) is 0 Å². The number of para-hydroxylation sites is 1. The quantitative estimate of drug-likeness (QED) is 0.880. The first kappa shape index (κ1) is 14.1. The van der Waals surface area contributed by atoms with Crippen LogP contribution in [0.4, 0.5) is 4.79 Å². The van der Waals surface area contributed by atoms with Crippen LogP contribution < -0.4 is 10.1 Å². The minimum atomic E-state index is 0.00693. The van der Waals surface area contributed by atoms with Gasteiger partial charge < -0.3 is 15.0 Å². The molecule has 4 nitrogen and oxygen atoms in total. The maximum absolute atomic E-state index is 12.5. The average molecular weight is 308 g/mol. The molecule has 4 heteroatoms. The van der Waals surface area contributed by atoms with Crippen molar-refractivity contribution in [2.75, 3.05) is 13.2 Å². The summed E-state index contributed by atoms with van der Waals surface area (Å²) < 4.78 is 5.75. The van der Waals surface area contributed by atoms with E-state index < -0.39 is 0 Å². The first-order valence-corrected chi connectivity index (χ1v) is 8.12. The Morgan fingerprint density at radius 1 is 1.04 bits per heavy atom. The Hall–Kier alpha value is -2.49. The number of nitrogens with zero attached hydrogens (tertiary/aromatic N) is 1. The molecule has 0 aliphatic carbocycles. The van der Waals surface area contributed by atoms with Crippen LogP contribution in [0.1, 0.15) is 16.7 Å². The zero-order chi connectivity index (χ0) is 15.6. The number of carbonyl (C=O) groups excluding carboxylic acids is 1. The van der Waals surface area contributed by atoms with Gasteiger partial charge in [-0.25, -0.2) is 4.79 Å². The topological polar surface area (TPSA) is 41.6 Å². The minimum Gasteiger partial charge on any atom is -0.491 e. The standard InChI is InChI=1S/C19H20N2O2/c22-19(21-10-9-14-5-1-2-7-16(14)12-21)20-17-11-15-6-3-4-8-18(15)23-13-17/h1-8,17H,9-13H2,(H,20,22)/t17-/m1/s1. The van der Waals surface area contributed by atoms with Crippen molar-refractivity contribution < 1.29 is 9.53 Å². The van der Waals surface area contributed by atoms with Gasteiger partial charge in [0.1, 0.15) is 12.4 Å². The van der Waals surface area contributed by atoms with Crippen LogP contribution in [0, 0.1) is 0 Å². The summed E-state index contributed by atoms with van der Waals surface area (Å²) in [6, 6.07) is 16.4. The molecule has 4 rings (SSSR count). The second kappa shape index (κ2) is 5.95. The van der Waals surface area contributed by atoms with E-state index in [0.717, 1.165) is 30.7 Å². The van der Waals surface area contributed by atoms with Crippen LogP contribution in [0.15, 0.2) is 48.5 Å². The Morgan fingerprint density at radius 2 is 1.78 bits per heavy atom. The first-order chi connectivity index (χ1) is 11.3. The fraction of sp³-hybridized carbons (Fsp3) is 0.316. The normalized spacial score (nSPS) is 19.3. The molecule has 118 valence electrons. The molecule has 0 saturated carbocycles. The Bertz CT molecular complexity index is 729. The molecule has 0 aromatic heterocycles. The van der Waals surface area contributed by atoms with E-state index in [2.05, 4.69) is 29.6 Å². The molecule has 2 aromatic carbocycles. The molecule has 0 bridgehead atoms. The number of carbonyl (C=O) groups is 1. The van der Waals surface area contributed by atoms with E-state index in [9.17, 15) is 4.79 Å². The van der Waals surface area contributed by atoms with E-state index in [1.54, 1.807) is 0 Å². The van der Waals surface area contributed by atoms with Crippen molar-refractivity contribution in [3.05, 3.63) is 65.2 Å². The maximum Gasteiger partial charge on any atom is 0.318 e. The summed E-state index contributed by atoms with van der Waals surface area (Å²) in [4.78, 5) is 14.4. The third kappa shape index (κ3) is 2.89. The molecule has 2 aliphatic heterocycles. The molecular weight excluding hydrogens is 288 g/mol. The molecule has 0 unspecified atom stereocenters. The van der Waals surface area contributed by atoms with E-state index in [4.69, 9.17) is 4.74 Å². The predicted molar refractivity (Wildman–Crippen MR) is 88.5 cm³/mol. The van der Waals surface area contributed by atoms with Crippen LogP contribution >= 0.6 is 0 Å². The fourth-order valence-electron chi connectivity index (χ4n) is 3.36. The molecule has 1 atom stereocenters. The molecule has 1 N–H and O–H groups in total. The lowest BCUT2D eigenvalue weighted by atomic mass is 10.00. The van der Waals surface area contributed by atoms with E-state index >= 15 is 0 Å². The average Bonchev–Trinajstić information content (AvgIpc) is 2.61. The third-order valence-electron chi connectivity index (χ3n) is 4.62. The molecule has 2 aliphatic rings. The molecule has 2 amide bonds. The number of fused-ring (bicyclic) bond motifs is 2. The number of benzene rings is 2. The van der Waals surface area contributed by atoms with Gasteiger partial charge >= 0.3 is 6.03 Å². The van der Waals surface area contributed by atoms with Crippen LogP contribution in [0.25, 0.3) is 0 Å². The van der Waals surface area contributed by atoms with Crippen molar-refractivity contribution in [1.29, 1.82) is 0 Å².